The summed E-state index contributed by atoms with van der Waals surface area (Å²) in [6.45, 7) is 0.362. The third kappa shape index (κ3) is 3.89. The monoisotopic (exact) mass is 449 g/mol. The number of amides is 1. The van der Waals surface area contributed by atoms with Crippen molar-refractivity contribution >= 4 is 39.2 Å². The van der Waals surface area contributed by atoms with Crippen LogP contribution < -0.4 is 10.6 Å². The quantitative estimate of drug-likeness (QED) is 0.364. The highest BCUT2D eigenvalue weighted by Gasteiger charge is 2.18. The molecule has 1 amide bonds. The summed E-state index contributed by atoms with van der Waals surface area (Å²) < 4.78 is 0. The lowest BCUT2D eigenvalue weighted by Gasteiger charge is -2.20. The van der Waals surface area contributed by atoms with Crippen LogP contribution in [0.1, 0.15) is 0 Å². The van der Waals surface area contributed by atoms with E-state index in [2.05, 4.69) is 17.1 Å². The normalized spacial score (nSPS) is 11.4. The van der Waals surface area contributed by atoms with E-state index in [1.807, 2.05) is 85.9 Å². The molecule has 0 fully saturated rings. The van der Waals surface area contributed by atoms with Crippen LogP contribution in [0.3, 0.4) is 0 Å². The van der Waals surface area contributed by atoms with Crippen molar-refractivity contribution in [2.45, 2.75) is 0 Å². The summed E-state index contributed by atoms with van der Waals surface area (Å²) in [4.78, 5) is 24.2. The van der Waals surface area contributed by atoms with E-state index in [1.165, 1.54) is 0 Å². The van der Waals surface area contributed by atoms with Crippen LogP contribution in [0.15, 0.2) is 79.0 Å². The van der Waals surface area contributed by atoms with Crippen molar-refractivity contribution < 1.29 is 4.79 Å². The number of anilines is 2. The van der Waals surface area contributed by atoms with E-state index < -0.39 is 0 Å². The molecule has 0 aliphatic carbocycles. The molecular weight excluding hydrogens is 422 g/mol. The Bertz CT molecular complexity index is 1490. The highest BCUT2D eigenvalue weighted by atomic mass is 16.2. The zero-order valence-corrected chi connectivity index (χ0v) is 19.5. The van der Waals surface area contributed by atoms with E-state index in [9.17, 15) is 4.79 Å². The fourth-order valence-electron chi connectivity index (χ4n) is 4.38. The fraction of sp³-hybridized carbons (Fsp3) is 0.143. The van der Waals surface area contributed by atoms with Gasteiger partial charge in [-0.15, -0.1) is 0 Å². The summed E-state index contributed by atoms with van der Waals surface area (Å²) in [7, 11) is 5.59. The van der Waals surface area contributed by atoms with Gasteiger partial charge >= 0.3 is 0 Å². The third-order valence-electron chi connectivity index (χ3n) is 6.10. The Morgan fingerprint density at radius 2 is 1.68 bits per heavy atom. The molecule has 34 heavy (non-hydrogen) atoms. The lowest BCUT2D eigenvalue weighted by atomic mass is 9.92. The van der Waals surface area contributed by atoms with E-state index in [-0.39, 0.29) is 5.91 Å². The summed E-state index contributed by atoms with van der Waals surface area (Å²) in [5.74, 6) is 0.0437. The van der Waals surface area contributed by atoms with Crippen molar-refractivity contribution in [3.05, 3.63) is 79.0 Å². The van der Waals surface area contributed by atoms with Crippen LogP contribution in [0.4, 0.5) is 11.4 Å². The third-order valence-corrected chi connectivity index (χ3v) is 6.10. The number of aromatic nitrogens is 2. The Morgan fingerprint density at radius 1 is 0.941 bits per heavy atom. The Kier molecular flexibility index (Phi) is 5.51. The number of pyridine rings is 1. The van der Waals surface area contributed by atoms with Gasteiger partial charge in [0, 0.05) is 52.0 Å². The molecule has 0 spiro atoms. The molecule has 3 N–H and O–H groups in total. The van der Waals surface area contributed by atoms with Crippen LogP contribution >= 0.6 is 0 Å². The number of benzene rings is 3. The average Bonchev–Trinajstić information content (AvgIpc) is 3.21. The first-order chi connectivity index (χ1) is 16.4. The lowest BCUT2D eigenvalue weighted by molar-refractivity contribution is -0.118. The average molecular weight is 450 g/mol. The highest BCUT2D eigenvalue weighted by molar-refractivity contribution is 6.16. The van der Waals surface area contributed by atoms with Gasteiger partial charge in [0.15, 0.2) is 0 Å². The number of hydrogen-bond acceptors (Lipinski definition) is 4. The maximum absolute atomic E-state index is 12.5. The van der Waals surface area contributed by atoms with E-state index in [4.69, 9.17) is 10.7 Å². The van der Waals surface area contributed by atoms with Gasteiger partial charge in [-0.2, -0.15) is 0 Å². The minimum absolute atomic E-state index is 0.0437. The molecule has 5 aromatic rings. The van der Waals surface area contributed by atoms with Gasteiger partial charge in [0.05, 0.1) is 6.54 Å². The number of carbonyl (C=O) groups excluding carboxylic acids is 1. The molecule has 0 radical (unpaired) electrons. The van der Waals surface area contributed by atoms with Crippen molar-refractivity contribution in [2.75, 3.05) is 38.3 Å². The number of carbonyl (C=O) groups is 1. The molecule has 0 bridgehead atoms. The van der Waals surface area contributed by atoms with Gasteiger partial charge in [-0.1, -0.05) is 42.5 Å². The zero-order valence-electron chi connectivity index (χ0n) is 19.5. The molecule has 0 atom stereocenters. The van der Waals surface area contributed by atoms with E-state index in [0.29, 0.717) is 12.2 Å². The second-order valence-corrected chi connectivity index (χ2v) is 8.80. The first-order valence-electron chi connectivity index (χ1n) is 11.2. The molecule has 6 heteroatoms. The first-order valence-corrected chi connectivity index (χ1v) is 11.2. The molecule has 0 saturated carbocycles. The molecule has 170 valence electrons. The number of aromatic amines is 1. The van der Waals surface area contributed by atoms with Crippen LogP contribution in [0.2, 0.25) is 0 Å². The molecular formula is C28H27N5O. The number of H-pyrrole nitrogens is 1. The summed E-state index contributed by atoms with van der Waals surface area (Å²) in [6.07, 6.45) is 1.92. The minimum Gasteiger partial charge on any atom is -0.399 e. The molecule has 5 rings (SSSR count). The highest BCUT2D eigenvalue weighted by Crippen LogP contribution is 2.41. The number of fused-ring (bicyclic) bond motifs is 3. The molecule has 2 heterocycles. The summed E-state index contributed by atoms with van der Waals surface area (Å²) in [5, 5.41) is 2.10. The Morgan fingerprint density at radius 3 is 2.38 bits per heavy atom. The number of hydrogen-bond donors (Lipinski definition) is 2. The standard InChI is InChI=1S/C28H27N5O/c1-32(2)17-25(34)33(3)21-12-9-18(10-13-21)23-16-30-28-27(26(23)19-7-5-4-6-8-19)22-15-20(29)11-14-24(22)31-28/h4-16H,17,29H2,1-3H3,(H,30,31). The second-order valence-electron chi connectivity index (χ2n) is 8.80. The molecule has 6 nitrogen and oxygen atoms in total. The largest absolute Gasteiger partial charge is 0.399 e. The van der Waals surface area contributed by atoms with Crippen molar-refractivity contribution in [1.82, 2.24) is 14.9 Å². The van der Waals surface area contributed by atoms with Crippen molar-refractivity contribution in [3.8, 4) is 22.3 Å². The van der Waals surface area contributed by atoms with Crippen molar-refractivity contribution in [1.29, 1.82) is 0 Å². The van der Waals surface area contributed by atoms with E-state index in [1.54, 1.807) is 11.9 Å². The second kappa shape index (κ2) is 8.65. The van der Waals surface area contributed by atoms with Crippen molar-refractivity contribution in [3.63, 3.8) is 0 Å². The number of nitrogens with two attached hydrogens (primary N) is 1. The predicted octanol–water partition coefficient (Wildman–Crippen LogP) is 5.16. The smallest absolute Gasteiger partial charge is 0.240 e. The van der Waals surface area contributed by atoms with Crippen molar-refractivity contribution in [2.24, 2.45) is 0 Å². The fourth-order valence-corrected chi connectivity index (χ4v) is 4.38. The van der Waals surface area contributed by atoms with Gasteiger partial charge in [0.2, 0.25) is 5.91 Å². The number of likely N-dealkylation sites (N-methyl/N-ethyl adjacent to an activating group) is 2. The SMILES string of the molecule is CN(C)CC(=O)N(C)c1ccc(-c2cnc3[nH]c4ccc(N)cc4c3c2-c2ccccc2)cc1. The topological polar surface area (TPSA) is 78.2 Å². The summed E-state index contributed by atoms with van der Waals surface area (Å²) in [5.41, 5.74) is 13.8. The minimum atomic E-state index is 0.0437. The summed E-state index contributed by atoms with van der Waals surface area (Å²) in [6, 6.07) is 24.3. The van der Waals surface area contributed by atoms with Gasteiger partial charge in [-0.3, -0.25) is 4.79 Å². The number of nitrogens with zero attached hydrogens (tertiary/aromatic N) is 3. The maximum Gasteiger partial charge on any atom is 0.240 e. The molecule has 0 aliphatic heterocycles. The van der Waals surface area contributed by atoms with Gasteiger partial charge in [-0.25, -0.2) is 4.98 Å². The molecule has 3 aromatic carbocycles. The Balaban J connectivity index is 1.67. The number of nitrogens with one attached hydrogen (secondary N) is 1. The molecule has 0 saturated heterocycles. The van der Waals surface area contributed by atoms with Crippen LogP contribution in [-0.2, 0) is 4.79 Å². The zero-order chi connectivity index (χ0) is 23.8. The van der Waals surface area contributed by atoms with Gasteiger partial charge in [-0.05, 0) is 55.6 Å². The van der Waals surface area contributed by atoms with Crippen LogP contribution in [0, 0.1) is 0 Å². The number of nitrogen functional groups attached to an aromatic ring is 1. The van der Waals surface area contributed by atoms with Gasteiger partial charge in [0.1, 0.15) is 5.65 Å². The van der Waals surface area contributed by atoms with Crippen LogP contribution in [0.25, 0.3) is 44.2 Å². The number of rotatable bonds is 5. The van der Waals surface area contributed by atoms with Crippen LogP contribution in [0.5, 0.6) is 0 Å². The van der Waals surface area contributed by atoms with Crippen LogP contribution in [-0.4, -0.2) is 48.5 Å². The van der Waals surface area contributed by atoms with E-state index in [0.717, 1.165) is 49.9 Å². The molecule has 2 aromatic heterocycles. The van der Waals surface area contributed by atoms with Gasteiger partial charge < -0.3 is 20.5 Å². The summed E-state index contributed by atoms with van der Waals surface area (Å²) >= 11 is 0. The predicted molar refractivity (Wildman–Crippen MR) is 141 cm³/mol. The van der Waals surface area contributed by atoms with Gasteiger partial charge in [0.25, 0.3) is 0 Å². The lowest BCUT2D eigenvalue weighted by Crippen LogP contribution is -2.34. The molecule has 0 unspecified atom stereocenters. The first kappa shape index (κ1) is 21.7. The Labute approximate surface area is 198 Å². The Hall–Kier alpha value is -4.16. The van der Waals surface area contributed by atoms with E-state index >= 15 is 0 Å². The molecule has 0 aliphatic rings. The maximum atomic E-state index is 12.5.